The van der Waals surface area contributed by atoms with Crippen LogP contribution in [-0.2, 0) is 6.54 Å². The normalized spacial score (nSPS) is 10.0. The molecule has 0 spiro atoms. The Balaban J connectivity index is 2.89. The Kier molecular flexibility index (Phi) is 2.68. The molecule has 0 atom stereocenters. The monoisotopic (exact) mass is 171 g/mol. The largest absolute Gasteiger partial charge is 0.384 e. The van der Waals surface area contributed by atoms with Crippen molar-refractivity contribution in [1.29, 1.82) is 0 Å². The van der Waals surface area contributed by atoms with Crippen LogP contribution in [0.15, 0.2) is 12.1 Å². The maximum atomic E-state index is 5.67. The fourth-order valence-electron chi connectivity index (χ4n) is 0.879. The zero-order valence-corrected chi connectivity index (χ0v) is 7.02. The minimum atomic E-state index is 0.440. The predicted octanol–water partition coefficient (Wildman–Crippen LogP) is 1.04. The van der Waals surface area contributed by atoms with Crippen LogP contribution < -0.4 is 11.1 Å². The Labute approximate surface area is 70.6 Å². The first-order valence-electron chi connectivity index (χ1n) is 3.29. The van der Waals surface area contributed by atoms with E-state index >= 15 is 0 Å². The van der Waals surface area contributed by atoms with Gasteiger partial charge in [-0.25, -0.2) is 4.98 Å². The molecule has 1 aromatic heterocycles. The first-order valence-corrected chi connectivity index (χ1v) is 3.66. The molecule has 0 fully saturated rings. The van der Waals surface area contributed by atoms with E-state index in [1.807, 2.05) is 7.05 Å². The van der Waals surface area contributed by atoms with Gasteiger partial charge in [0.15, 0.2) is 0 Å². The van der Waals surface area contributed by atoms with Crippen LogP contribution in [0.5, 0.6) is 0 Å². The fourth-order valence-corrected chi connectivity index (χ4v) is 1.12. The maximum absolute atomic E-state index is 5.67. The standard InChI is InChI=1S/C7H10ClN3/c1-10-4-5-2-6(8)11-7(9)3-5/h2-3,10H,4H2,1H3,(H2,9,11). The Morgan fingerprint density at radius 2 is 2.36 bits per heavy atom. The molecule has 0 aliphatic heterocycles. The zero-order chi connectivity index (χ0) is 8.27. The number of aromatic nitrogens is 1. The summed E-state index contributed by atoms with van der Waals surface area (Å²) in [5.74, 6) is 0.461. The van der Waals surface area contributed by atoms with Crippen molar-refractivity contribution >= 4 is 17.4 Å². The first kappa shape index (κ1) is 8.30. The van der Waals surface area contributed by atoms with Crippen molar-refractivity contribution in [3.63, 3.8) is 0 Å². The van der Waals surface area contributed by atoms with Gasteiger partial charge < -0.3 is 11.1 Å². The van der Waals surface area contributed by atoms with Crippen LogP contribution in [0.4, 0.5) is 5.82 Å². The van der Waals surface area contributed by atoms with Crippen LogP contribution in [0.3, 0.4) is 0 Å². The van der Waals surface area contributed by atoms with Crippen molar-refractivity contribution in [2.45, 2.75) is 6.54 Å². The average molecular weight is 172 g/mol. The van der Waals surface area contributed by atoms with Gasteiger partial charge in [-0.2, -0.15) is 0 Å². The third kappa shape index (κ3) is 2.37. The Morgan fingerprint density at radius 3 is 2.91 bits per heavy atom. The number of hydrogen-bond donors (Lipinski definition) is 2. The lowest BCUT2D eigenvalue weighted by molar-refractivity contribution is 0.817. The number of rotatable bonds is 2. The lowest BCUT2D eigenvalue weighted by Gasteiger charge is -2.00. The van der Waals surface area contributed by atoms with Gasteiger partial charge in [0.1, 0.15) is 11.0 Å². The molecule has 1 rings (SSSR count). The number of halogens is 1. The second-order valence-electron chi connectivity index (χ2n) is 2.25. The second-order valence-corrected chi connectivity index (χ2v) is 2.64. The van der Waals surface area contributed by atoms with E-state index < -0.39 is 0 Å². The molecule has 4 heteroatoms. The average Bonchev–Trinajstić information content (AvgIpc) is 1.85. The molecular weight excluding hydrogens is 162 g/mol. The summed E-state index contributed by atoms with van der Waals surface area (Å²) in [6, 6.07) is 3.58. The molecule has 0 aliphatic carbocycles. The van der Waals surface area contributed by atoms with Gasteiger partial charge in [0.05, 0.1) is 0 Å². The molecule has 0 unspecified atom stereocenters. The highest BCUT2D eigenvalue weighted by Gasteiger charge is 1.96. The number of nitrogens with zero attached hydrogens (tertiary/aromatic N) is 1. The van der Waals surface area contributed by atoms with Crippen LogP contribution in [0.1, 0.15) is 5.56 Å². The summed E-state index contributed by atoms with van der Waals surface area (Å²) in [6.07, 6.45) is 0. The quantitative estimate of drug-likeness (QED) is 0.654. The summed E-state index contributed by atoms with van der Waals surface area (Å²) in [4.78, 5) is 3.83. The van der Waals surface area contributed by atoms with Gasteiger partial charge in [-0.1, -0.05) is 11.6 Å². The highest BCUT2D eigenvalue weighted by Crippen LogP contribution is 2.11. The molecule has 0 saturated carbocycles. The first-order chi connectivity index (χ1) is 5.22. The SMILES string of the molecule is CNCc1cc(N)nc(Cl)c1. The third-order valence-electron chi connectivity index (χ3n) is 1.25. The molecule has 0 radical (unpaired) electrons. The molecule has 0 bridgehead atoms. The van der Waals surface area contributed by atoms with Crippen LogP contribution in [0.2, 0.25) is 5.15 Å². The smallest absolute Gasteiger partial charge is 0.131 e. The molecule has 0 aromatic carbocycles. The molecule has 1 aromatic rings. The topological polar surface area (TPSA) is 50.9 Å². The predicted molar refractivity (Wildman–Crippen MR) is 46.4 cm³/mol. The number of pyridine rings is 1. The van der Waals surface area contributed by atoms with Crippen LogP contribution in [0.25, 0.3) is 0 Å². The number of nitrogens with one attached hydrogen (secondary N) is 1. The zero-order valence-electron chi connectivity index (χ0n) is 6.26. The molecule has 0 aliphatic rings. The van der Waals surface area contributed by atoms with Gasteiger partial charge in [0.2, 0.25) is 0 Å². The van der Waals surface area contributed by atoms with Gasteiger partial charge in [-0.3, -0.25) is 0 Å². The minimum absolute atomic E-state index is 0.440. The van der Waals surface area contributed by atoms with E-state index in [0.29, 0.717) is 11.0 Å². The molecule has 1 heterocycles. The third-order valence-corrected chi connectivity index (χ3v) is 1.45. The summed E-state index contributed by atoms with van der Waals surface area (Å²) in [7, 11) is 1.87. The van der Waals surface area contributed by atoms with Crippen molar-refractivity contribution in [3.8, 4) is 0 Å². The lowest BCUT2D eigenvalue weighted by Crippen LogP contribution is -2.05. The number of nitrogens with two attached hydrogens (primary N) is 1. The van der Waals surface area contributed by atoms with E-state index in [2.05, 4.69) is 10.3 Å². The summed E-state index contributed by atoms with van der Waals surface area (Å²) in [5, 5.41) is 3.44. The van der Waals surface area contributed by atoms with Gasteiger partial charge in [-0.05, 0) is 24.7 Å². The van der Waals surface area contributed by atoms with Crippen molar-refractivity contribution in [3.05, 3.63) is 22.8 Å². The van der Waals surface area contributed by atoms with Crippen molar-refractivity contribution in [2.75, 3.05) is 12.8 Å². The Morgan fingerprint density at radius 1 is 1.64 bits per heavy atom. The van der Waals surface area contributed by atoms with Gasteiger partial charge in [0.25, 0.3) is 0 Å². The van der Waals surface area contributed by atoms with Crippen LogP contribution in [-0.4, -0.2) is 12.0 Å². The van der Waals surface area contributed by atoms with Crippen molar-refractivity contribution < 1.29 is 0 Å². The summed E-state index contributed by atoms with van der Waals surface area (Å²) >= 11 is 5.67. The van der Waals surface area contributed by atoms with E-state index in [1.165, 1.54) is 0 Å². The molecular formula is C7H10ClN3. The Bertz CT molecular complexity index is 229. The van der Waals surface area contributed by atoms with Crippen molar-refractivity contribution in [2.24, 2.45) is 0 Å². The number of anilines is 1. The molecule has 0 saturated heterocycles. The summed E-state index contributed by atoms with van der Waals surface area (Å²) in [5.41, 5.74) is 6.51. The molecule has 11 heavy (non-hydrogen) atoms. The Hall–Kier alpha value is -0.800. The highest BCUT2D eigenvalue weighted by molar-refractivity contribution is 6.29. The van der Waals surface area contributed by atoms with Crippen molar-refractivity contribution in [1.82, 2.24) is 10.3 Å². The van der Waals surface area contributed by atoms with E-state index in [0.717, 1.165) is 12.1 Å². The van der Waals surface area contributed by atoms with Crippen LogP contribution >= 0.6 is 11.6 Å². The van der Waals surface area contributed by atoms with Crippen LogP contribution in [0, 0.1) is 0 Å². The van der Waals surface area contributed by atoms with Gasteiger partial charge in [-0.15, -0.1) is 0 Å². The number of hydrogen-bond acceptors (Lipinski definition) is 3. The van der Waals surface area contributed by atoms with E-state index in [-0.39, 0.29) is 0 Å². The fraction of sp³-hybridized carbons (Fsp3) is 0.286. The minimum Gasteiger partial charge on any atom is -0.384 e. The van der Waals surface area contributed by atoms with Gasteiger partial charge in [0, 0.05) is 6.54 Å². The summed E-state index contributed by atoms with van der Waals surface area (Å²) < 4.78 is 0. The number of nitrogen functional groups attached to an aromatic ring is 1. The molecule has 60 valence electrons. The molecule has 3 nitrogen and oxygen atoms in total. The van der Waals surface area contributed by atoms with Gasteiger partial charge >= 0.3 is 0 Å². The summed E-state index contributed by atoms with van der Waals surface area (Å²) in [6.45, 7) is 0.756. The van der Waals surface area contributed by atoms with E-state index in [9.17, 15) is 0 Å². The lowest BCUT2D eigenvalue weighted by atomic mass is 10.2. The molecule has 3 N–H and O–H groups in total. The van der Waals surface area contributed by atoms with E-state index in [4.69, 9.17) is 17.3 Å². The van der Waals surface area contributed by atoms with E-state index in [1.54, 1.807) is 12.1 Å². The second kappa shape index (κ2) is 3.55. The highest BCUT2D eigenvalue weighted by atomic mass is 35.5. The maximum Gasteiger partial charge on any atom is 0.131 e. The molecule has 0 amide bonds.